The molecule has 0 spiro atoms. The standard InChI is InChI=1S/C12H15F3N2O2/c1-3-6-16-11(18)17(19)10-7-9(12(13,14)15)5-4-8(10)2/h4-5,7,19H,3,6H2,1-2H3,(H,16,18). The molecule has 0 aliphatic heterocycles. The van der Waals surface area contributed by atoms with Crippen molar-refractivity contribution < 1.29 is 23.2 Å². The highest BCUT2D eigenvalue weighted by atomic mass is 19.4. The third-order valence-electron chi connectivity index (χ3n) is 2.48. The Balaban J connectivity index is 3.02. The molecule has 106 valence electrons. The number of hydrogen-bond donors (Lipinski definition) is 2. The summed E-state index contributed by atoms with van der Waals surface area (Å²) < 4.78 is 37.7. The van der Waals surface area contributed by atoms with Crippen LogP contribution in [-0.2, 0) is 6.18 Å². The van der Waals surface area contributed by atoms with E-state index in [1.807, 2.05) is 6.92 Å². The Morgan fingerprint density at radius 2 is 2.05 bits per heavy atom. The van der Waals surface area contributed by atoms with Crippen LogP contribution in [-0.4, -0.2) is 17.8 Å². The van der Waals surface area contributed by atoms with Crippen molar-refractivity contribution in [3.05, 3.63) is 29.3 Å². The van der Waals surface area contributed by atoms with Crippen molar-refractivity contribution in [2.75, 3.05) is 11.6 Å². The smallest absolute Gasteiger partial charge is 0.336 e. The summed E-state index contributed by atoms with van der Waals surface area (Å²) >= 11 is 0. The minimum atomic E-state index is -4.52. The minimum Gasteiger partial charge on any atom is -0.336 e. The molecular weight excluding hydrogens is 261 g/mol. The molecule has 0 saturated heterocycles. The third kappa shape index (κ3) is 3.85. The molecule has 2 N–H and O–H groups in total. The van der Waals surface area contributed by atoms with Gasteiger partial charge in [0, 0.05) is 6.54 Å². The number of carbonyl (C=O) groups is 1. The van der Waals surface area contributed by atoms with Crippen molar-refractivity contribution in [2.24, 2.45) is 0 Å². The Labute approximate surface area is 108 Å². The lowest BCUT2D eigenvalue weighted by Crippen LogP contribution is -2.38. The van der Waals surface area contributed by atoms with E-state index in [1.54, 1.807) is 0 Å². The number of anilines is 1. The van der Waals surface area contributed by atoms with E-state index in [9.17, 15) is 23.2 Å². The Kier molecular flexibility index (Phi) is 4.77. The zero-order valence-electron chi connectivity index (χ0n) is 10.6. The van der Waals surface area contributed by atoms with Crippen LogP contribution in [0.2, 0.25) is 0 Å². The third-order valence-corrected chi connectivity index (χ3v) is 2.48. The van der Waals surface area contributed by atoms with Gasteiger partial charge in [-0.3, -0.25) is 5.21 Å². The van der Waals surface area contributed by atoms with Gasteiger partial charge in [0.2, 0.25) is 0 Å². The van der Waals surface area contributed by atoms with Gasteiger partial charge in [-0.1, -0.05) is 13.0 Å². The first-order chi connectivity index (χ1) is 8.77. The van der Waals surface area contributed by atoms with Crippen molar-refractivity contribution in [3.63, 3.8) is 0 Å². The molecule has 0 saturated carbocycles. The number of rotatable bonds is 3. The van der Waals surface area contributed by atoms with Gasteiger partial charge in [-0.15, -0.1) is 0 Å². The number of amides is 2. The minimum absolute atomic E-state index is 0.191. The van der Waals surface area contributed by atoms with Crippen LogP contribution in [0.25, 0.3) is 0 Å². The second kappa shape index (κ2) is 5.92. The molecule has 1 aromatic rings. The predicted octanol–water partition coefficient (Wildman–Crippen LogP) is 3.33. The zero-order valence-corrected chi connectivity index (χ0v) is 10.6. The molecule has 19 heavy (non-hydrogen) atoms. The largest absolute Gasteiger partial charge is 0.416 e. The van der Waals surface area contributed by atoms with Gasteiger partial charge in [-0.25, -0.2) is 4.79 Å². The van der Waals surface area contributed by atoms with Crippen LogP contribution in [0.4, 0.5) is 23.7 Å². The van der Waals surface area contributed by atoms with Crippen LogP contribution in [0.15, 0.2) is 18.2 Å². The van der Waals surface area contributed by atoms with Crippen molar-refractivity contribution >= 4 is 11.7 Å². The summed E-state index contributed by atoms with van der Waals surface area (Å²) in [5, 5.41) is 12.2. The van der Waals surface area contributed by atoms with Gasteiger partial charge < -0.3 is 5.32 Å². The summed E-state index contributed by atoms with van der Waals surface area (Å²) in [5.41, 5.74) is -0.749. The Morgan fingerprint density at radius 3 is 2.58 bits per heavy atom. The summed E-state index contributed by atoms with van der Waals surface area (Å²) in [6.45, 7) is 3.65. The van der Waals surface area contributed by atoms with E-state index in [0.29, 0.717) is 18.5 Å². The molecule has 0 atom stereocenters. The van der Waals surface area contributed by atoms with E-state index in [0.717, 1.165) is 12.1 Å². The number of hydroxylamine groups is 1. The van der Waals surface area contributed by atoms with E-state index in [2.05, 4.69) is 5.32 Å². The van der Waals surface area contributed by atoms with Gasteiger partial charge in [0.15, 0.2) is 0 Å². The maximum Gasteiger partial charge on any atom is 0.416 e. The fourth-order valence-electron chi connectivity index (χ4n) is 1.43. The van der Waals surface area contributed by atoms with Crippen LogP contribution in [0.5, 0.6) is 0 Å². The molecule has 1 rings (SSSR count). The molecule has 0 radical (unpaired) electrons. The fraction of sp³-hybridized carbons (Fsp3) is 0.417. The lowest BCUT2D eigenvalue weighted by atomic mass is 10.1. The van der Waals surface area contributed by atoms with Gasteiger partial charge in [-0.2, -0.15) is 18.2 Å². The second-order valence-electron chi connectivity index (χ2n) is 4.04. The SMILES string of the molecule is CCCNC(=O)N(O)c1cc(C(F)(F)F)ccc1C. The van der Waals surface area contributed by atoms with Gasteiger partial charge in [-0.05, 0) is 31.0 Å². The molecule has 0 bridgehead atoms. The maximum atomic E-state index is 12.6. The Morgan fingerprint density at radius 1 is 1.42 bits per heavy atom. The summed E-state index contributed by atoms with van der Waals surface area (Å²) in [4.78, 5) is 11.5. The van der Waals surface area contributed by atoms with E-state index in [1.165, 1.54) is 13.0 Å². The summed E-state index contributed by atoms with van der Waals surface area (Å²) in [6.07, 6.45) is -3.87. The van der Waals surface area contributed by atoms with Crippen molar-refractivity contribution in [1.29, 1.82) is 0 Å². The molecule has 1 aromatic carbocycles. The Hall–Kier alpha value is -1.76. The molecule has 4 nitrogen and oxygen atoms in total. The topological polar surface area (TPSA) is 52.6 Å². The van der Waals surface area contributed by atoms with Gasteiger partial charge >= 0.3 is 12.2 Å². The van der Waals surface area contributed by atoms with Gasteiger partial charge in [0.1, 0.15) is 0 Å². The molecule has 0 aliphatic rings. The van der Waals surface area contributed by atoms with Crippen LogP contribution in [0.1, 0.15) is 24.5 Å². The number of nitrogens with zero attached hydrogens (tertiary/aromatic N) is 1. The van der Waals surface area contributed by atoms with E-state index >= 15 is 0 Å². The normalized spacial score (nSPS) is 11.3. The average Bonchev–Trinajstić information content (AvgIpc) is 2.34. The molecule has 0 aliphatic carbocycles. The monoisotopic (exact) mass is 276 g/mol. The van der Waals surface area contributed by atoms with E-state index in [-0.39, 0.29) is 10.8 Å². The highest BCUT2D eigenvalue weighted by Gasteiger charge is 2.31. The molecule has 7 heteroatoms. The summed E-state index contributed by atoms with van der Waals surface area (Å²) in [7, 11) is 0. The van der Waals surface area contributed by atoms with Gasteiger partial charge in [0.05, 0.1) is 11.3 Å². The molecule has 0 heterocycles. The fourth-order valence-corrected chi connectivity index (χ4v) is 1.43. The molecule has 2 amide bonds. The molecule has 0 aromatic heterocycles. The first-order valence-corrected chi connectivity index (χ1v) is 5.72. The number of benzene rings is 1. The van der Waals surface area contributed by atoms with Crippen LogP contribution in [0.3, 0.4) is 0 Å². The highest BCUT2D eigenvalue weighted by molar-refractivity contribution is 5.90. The van der Waals surface area contributed by atoms with E-state index < -0.39 is 17.8 Å². The number of halogens is 3. The molecule has 0 fully saturated rings. The number of urea groups is 1. The zero-order chi connectivity index (χ0) is 14.6. The number of nitrogens with one attached hydrogen (secondary N) is 1. The Bertz CT molecular complexity index is 461. The summed E-state index contributed by atoms with van der Waals surface area (Å²) in [6, 6.07) is 1.98. The average molecular weight is 276 g/mol. The predicted molar refractivity (Wildman–Crippen MR) is 64.1 cm³/mol. The van der Waals surface area contributed by atoms with Crippen molar-refractivity contribution in [3.8, 4) is 0 Å². The van der Waals surface area contributed by atoms with E-state index in [4.69, 9.17) is 0 Å². The second-order valence-corrected chi connectivity index (χ2v) is 4.04. The number of aryl methyl sites for hydroxylation is 1. The number of hydrogen-bond acceptors (Lipinski definition) is 2. The lowest BCUT2D eigenvalue weighted by Gasteiger charge is -2.19. The molecule has 0 unspecified atom stereocenters. The first kappa shape index (κ1) is 15.3. The molecular formula is C12H15F3N2O2. The summed E-state index contributed by atoms with van der Waals surface area (Å²) in [5.74, 6) is 0. The lowest BCUT2D eigenvalue weighted by molar-refractivity contribution is -0.137. The van der Waals surface area contributed by atoms with Crippen LogP contribution < -0.4 is 10.4 Å². The number of carbonyl (C=O) groups excluding carboxylic acids is 1. The van der Waals surface area contributed by atoms with Crippen molar-refractivity contribution in [1.82, 2.24) is 5.32 Å². The number of alkyl halides is 3. The first-order valence-electron chi connectivity index (χ1n) is 5.72. The van der Waals surface area contributed by atoms with Crippen LogP contribution >= 0.6 is 0 Å². The van der Waals surface area contributed by atoms with Gasteiger partial charge in [0.25, 0.3) is 0 Å². The van der Waals surface area contributed by atoms with Crippen molar-refractivity contribution in [2.45, 2.75) is 26.4 Å². The quantitative estimate of drug-likeness (QED) is 0.657. The highest BCUT2D eigenvalue weighted by Crippen LogP contribution is 2.32. The van der Waals surface area contributed by atoms with Crippen LogP contribution in [0, 0.1) is 6.92 Å². The maximum absolute atomic E-state index is 12.6.